The maximum atomic E-state index is 11.0. The van der Waals surface area contributed by atoms with Crippen LogP contribution in [0, 0.1) is 10.1 Å². The van der Waals surface area contributed by atoms with Crippen LogP contribution >= 0.6 is 11.6 Å². The summed E-state index contributed by atoms with van der Waals surface area (Å²) in [6.45, 7) is 0. The number of nitro benzene ring substituents is 1. The third kappa shape index (κ3) is 2.13. The molecule has 3 rings (SSSR count). The van der Waals surface area contributed by atoms with Gasteiger partial charge in [0, 0.05) is 18.7 Å². The molecule has 96 valence electrons. The number of nitro groups is 1. The molecular formula is C13H9ClN2O3. The van der Waals surface area contributed by atoms with Crippen LogP contribution in [0.2, 0.25) is 5.02 Å². The van der Waals surface area contributed by atoms with E-state index < -0.39 is 0 Å². The quantitative estimate of drug-likeness (QED) is 0.623. The molecule has 1 atom stereocenters. The summed E-state index contributed by atoms with van der Waals surface area (Å²) in [5.41, 5.74) is 1.43. The van der Waals surface area contributed by atoms with Crippen LogP contribution in [0.15, 0.2) is 36.5 Å². The van der Waals surface area contributed by atoms with Crippen LogP contribution in [0.1, 0.15) is 17.4 Å². The van der Waals surface area contributed by atoms with Gasteiger partial charge < -0.3 is 4.74 Å². The Balaban J connectivity index is 1.94. The summed E-state index contributed by atoms with van der Waals surface area (Å²) < 4.78 is 5.71. The summed E-state index contributed by atoms with van der Waals surface area (Å²) in [7, 11) is 0. The van der Waals surface area contributed by atoms with Crippen molar-refractivity contribution < 1.29 is 9.66 Å². The number of hydrogen-bond acceptors (Lipinski definition) is 4. The number of rotatable bonds is 2. The lowest BCUT2D eigenvalue weighted by molar-refractivity contribution is -0.385. The van der Waals surface area contributed by atoms with Crippen molar-refractivity contribution >= 4 is 17.3 Å². The number of hydrogen-bond donors (Lipinski definition) is 0. The highest BCUT2D eigenvalue weighted by atomic mass is 35.5. The molecule has 6 heteroatoms. The van der Waals surface area contributed by atoms with Crippen LogP contribution < -0.4 is 4.74 Å². The van der Waals surface area contributed by atoms with Crippen molar-refractivity contribution in [3.8, 4) is 5.75 Å². The average Bonchev–Trinajstić information content (AvgIpc) is 2.82. The second-order valence-corrected chi connectivity index (χ2v) is 4.66. The second-order valence-electron chi connectivity index (χ2n) is 4.22. The topological polar surface area (TPSA) is 65.3 Å². The van der Waals surface area contributed by atoms with E-state index in [0.29, 0.717) is 22.8 Å². The molecule has 2 heterocycles. The van der Waals surface area contributed by atoms with E-state index in [1.807, 2.05) is 0 Å². The lowest BCUT2D eigenvalue weighted by atomic mass is 10.1. The molecule has 0 spiro atoms. The van der Waals surface area contributed by atoms with E-state index >= 15 is 0 Å². The van der Waals surface area contributed by atoms with Crippen LogP contribution in [0.5, 0.6) is 5.75 Å². The van der Waals surface area contributed by atoms with Crippen molar-refractivity contribution in [3.63, 3.8) is 0 Å². The Morgan fingerprint density at radius 2 is 2.21 bits per heavy atom. The lowest BCUT2D eigenvalue weighted by Crippen LogP contribution is -2.05. The van der Waals surface area contributed by atoms with Crippen LogP contribution in [0.4, 0.5) is 5.69 Å². The van der Waals surface area contributed by atoms with Crippen molar-refractivity contribution in [2.45, 2.75) is 12.5 Å². The predicted molar refractivity (Wildman–Crippen MR) is 69.4 cm³/mol. The van der Waals surface area contributed by atoms with Crippen LogP contribution in [-0.2, 0) is 6.42 Å². The molecule has 2 aromatic rings. The highest BCUT2D eigenvalue weighted by molar-refractivity contribution is 6.30. The molecule has 0 N–H and O–H groups in total. The minimum Gasteiger partial charge on any atom is -0.483 e. The van der Waals surface area contributed by atoms with E-state index in [0.717, 1.165) is 5.69 Å². The average molecular weight is 277 g/mol. The number of benzene rings is 1. The first kappa shape index (κ1) is 11.9. The molecule has 5 nitrogen and oxygen atoms in total. The summed E-state index contributed by atoms with van der Waals surface area (Å²) in [6, 6.07) is 8.34. The third-order valence-corrected chi connectivity index (χ3v) is 3.27. The molecule has 0 aliphatic carbocycles. The highest BCUT2D eigenvalue weighted by Gasteiger charge is 2.31. The van der Waals surface area contributed by atoms with E-state index in [4.69, 9.17) is 16.3 Å². The Labute approximate surface area is 114 Å². The van der Waals surface area contributed by atoms with Gasteiger partial charge in [-0.25, -0.2) is 0 Å². The van der Waals surface area contributed by atoms with Crippen molar-refractivity contribution in [1.82, 2.24) is 4.98 Å². The van der Waals surface area contributed by atoms with Gasteiger partial charge in [0.15, 0.2) is 0 Å². The van der Waals surface area contributed by atoms with Gasteiger partial charge in [-0.05, 0) is 18.2 Å². The fourth-order valence-electron chi connectivity index (χ4n) is 2.16. The molecule has 0 fully saturated rings. The van der Waals surface area contributed by atoms with Gasteiger partial charge in [-0.2, -0.15) is 0 Å². The fraction of sp³-hybridized carbons (Fsp3) is 0.154. The molecule has 1 aromatic heterocycles. The van der Waals surface area contributed by atoms with Gasteiger partial charge in [0.25, 0.3) is 5.69 Å². The molecule has 19 heavy (non-hydrogen) atoms. The normalized spacial score (nSPS) is 16.8. The first-order valence-corrected chi connectivity index (χ1v) is 6.07. The molecule has 0 bridgehead atoms. The van der Waals surface area contributed by atoms with E-state index in [-0.39, 0.29) is 16.7 Å². The Bertz CT molecular complexity index is 643. The largest absolute Gasteiger partial charge is 0.483 e. The number of pyridine rings is 1. The highest BCUT2D eigenvalue weighted by Crippen LogP contribution is 2.40. The minimum absolute atomic E-state index is 0.0916. The zero-order chi connectivity index (χ0) is 13.4. The van der Waals surface area contributed by atoms with E-state index in [2.05, 4.69) is 4.98 Å². The maximum Gasteiger partial charge on any atom is 0.276 e. The molecule has 1 aliphatic rings. The molecule has 1 unspecified atom stereocenters. The smallest absolute Gasteiger partial charge is 0.276 e. The van der Waals surface area contributed by atoms with E-state index in [1.54, 1.807) is 24.3 Å². The lowest BCUT2D eigenvalue weighted by Gasteiger charge is -2.09. The van der Waals surface area contributed by atoms with Crippen LogP contribution in [0.25, 0.3) is 0 Å². The molecule has 0 amide bonds. The van der Waals surface area contributed by atoms with Gasteiger partial charge in [0.2, 0.25) is 0 Å². The number of ether oxygens (including phenoxy) is 1. The Kier molecular flexibility index (Phi) is 2.83. The fourth-order valence-corrected chi connectivity index (χ4v) is 2.28. The molecule has 0 saturated heterocycles. The number of nitrogens with zero attached hydrogens (tertiary/aromatic N) is 2. The van der Waals surface area contributed by atoms with Crippen molar-refractivity contribution in [2.24, 2.45) is 0 Å². The summed E-state index contributed by atoms with van der Waals surface area (Å²) in [6.07, 6.45) is 1.69. The van der Waals surface area contributed by atoms with Crippen LogP contribution in [0.3, 0.4) is 0 Å². The Morgan fingerprint density at radius 1 is 1.37 bits per heavy atom. The summed E-state index contributed by atoms with van der Waals surface area (Å²) in [4.78, 5) is 14.8. The van der Waals surface area contributed by atoms with Gasteiger partial charge in [0.1, 0.15) is 11.9 Å². The van der Waals surface area contributed by atoms with Crippen molar-refractivity contribution in [2.75, 3.05) is 0 Å². The zero-order valence-electron chi connectivity index (χ0n) is 9.75. The maximum absolute atomic E-state index is 11.0. The standard InChI is InChI=1S/C13H9ClN2O3/c14-8-4-5-10(15-7-8)13-6-9-11(16(17)18)2-1-3-12(9)19-13/h1-5,7,13H,6H2. The summed E-state index contributed by atoms with van der Waals surface area (Å²) in [5.74, 6) is 0.552. The molecule has 0 saturated carbocycles. The van der Waals surface area contributed by atoms with Crippen molar-refractivity contribution in [3.05, 3.63) is 62.9 Å². The van der Waals surface area contributed by atoms with Crippen LogP contribution in [-0.4, -0.2) is 9.91 Å². The van der Waals surface area contributed by atoms with Gasteiger partial charge >= 0.3 is 0 Å². The number of halogens is 1. The zero-order valence-corrected chi connectivity index (χ0v) is 10.5. The number of aromatic nitrogens is 1. The van der Waals surface area contributed by atoms with Gasteiger partial charge in [-0.1, -0.05) is 17.7 Å². The molecule has 1 aliphatic heterocycles. The monoisotopic (exact) mass is 276 g/mol. The van der Waals surface area contributed by atoms with Crippen molar-refractivity contribution in [1.29, 1.82) is 0 Å². The molecule has 0 radical (unpaired) electrons. The number of fused-ring (bicyclic) bond motifs is 1. The Morgan fingerprint density at radius 3 is 2.89 bits per heavy atom. The van der Waals surface area contributed by atoms with Gasteiger partial charge in [-0.3, -0.25) is 15.1 Å². The minimum atomic E-state index is -0.389. The van der Waals surface area contributed by atoms with Gasteiger partial charge in [-0.15, -0.1) is 0 Å². The Hall–Kier alpha value is -2.14. The van der Waals surface area contributed by atoms with E-state index in [1.165, 1.54) is 12.3 Å². The van der Waals surface area contributed by atoms with E-state index in [9.17, 15) is 10.1 Å². The summed E-state index contributed by atoms with van der Waals surface area (Å²) >= 11 is 5.78. The predicted octanol–water partition coefficient (Wildman–Crippen LogP) is 3.32. The molecular weight excluding hydrogens is 268 g/mol. The first-order chi connectivity index (χ1) is 9.15. The summed E-state index contributed by atoms with van der Waals surface area (Å²) in [5, 5.41) is 11.5. The first-order valence-electron chi connectivity index (χ1n) is 5.69. The second kappa shape index (κ2) is 4.51. The third-order valence-electron chi connectivity index (χ3n) is 3.04. The van der Waals surface area contributed by atoms with Gasteiger partial charge in [0.05, 0.1) is 21.2 Å². The SMILES string of the molecule is O=[N+]([O-])c1cccc2c1CC(c1ccc(Cl)cn1)O2. The molecule has 1 aromatic carbocycles.